The van der Waals surface area contributed by atoms with Crippen LogP contribution in [-0.4, -0.2) is 48.8 Å². The lowest BCUT2D eigenvalue weighted by Crippen LogP contribution is -2.32. The third-order valence-electron chi connectivity index (χ3n) is 5.00. The Morgan fingerprint density at radius 3 is 2.50 bits per heavy atom. The van der Waals surface area contributed by atoms with Crippen LogP contribution in [0.15, 0.2) is 36.4 Å². The van der Waals surface area contributed by atoms with Gasteiger partial charge in [0.25, 0.3) is 17.7 Å². The highest BCUT2D eigenvalue weighted by Gasteiger charge is 2.34. The van der Waals surface area contributed by atoms with Crippen molar-refractivity contribution in [3.8, 4) is 11.5 Å². The number of carbonyl (C=O) groups excluding carboxylic acids is 4. The van der Waals surface area contributed by atoms with E-state index in [1.54, 1.807) is 36.4 Å². The zero-order valence-electron chi connectivity index (χ0n) is 18.0. The summed E-state index contributed by atoms with van der Waals surface area (Å²) in [4.78, 5) is 49.2. The van der Waals surface area contributed by atoms with Gasteiger partial charge >= 0.3 is 0 Å². The normalized spacial score (nSPS) is 12.5. The minimum absolute atomic E-state index is 0.170. The van der Waals surface area contributed by atoms with E-state index < -0.39 is 5.91 Å². The van der Waals surface area contributed by atoms with Crippen LogP contribution in [0.4, 0.5) is 0 Å². The van der Waals surface area contributed by atoms with Crippen molar-refractivity contribution in [2.75, 3.05) is 20.3 Å². The molecule has 32 heavy (non-hydrogen) atoms. The van der Waals surface area contributed by atoms with Crippen LogP contribution in [0.3, 0.4) is 0 Å². The quantitative estimate of drug-likeness (QED) is 0.541. The van der Waals surface area contributed by atoms with E-state index in [9.17, 15) is 19.2 Å². The number of benzene rings is 2. The van der Waals surface area contributed by atoms with Gasteiger partial charge in [-0.2, -0.15) is 0 Å². The number of carbonyl (C=O) groups is 4. The second kappa shape index (κ2) is 9.95. The number of ether oxygens (including phenoxy) is 2. The first-order valence-corrected chi connectivity index (χ1v) is 10.1. The molecule has 0 aliphatic carbocycles. The SMILES string of the molecule is COc1cc(CNC(=O)CCCN2C(=O)c3ccc(C)cc3C2=O)ccc1OCC(N)=O. The second-order valence-corrected chi connectivity index (χ2v) is 7.43. The molecule has 1 heterocycles. The molecule has 1 aliphatic rings. The Labute approximate surface area is 185 Å². The molecule has 2 aromatic rings. The van der Waals surface area contributed by atoms with Gasteiger partial charge in [-0.1, -0.05) is 17.7 Å². The summed E-state index contributed by atoms with van der Waals surface area (Å²) in [6, 6.07) is 10.2. The Kier molecular flexibility index (Phi) is 7.09. The lowest BCUT2D eigenvalue weighted by Gasteiger charge is -2.14. The molecule has 0 fully saturated rings. The summed E-state index contributed by atoms with van der Waals surface area (Å²) in [5.41, 5.74) is 7.58. The largest absolute Gasteiger partial charge is 0.493 e. The molecule has 2 aromatic carbocycles. The summed E-state index contributed by atoms with van der Waals surface area (Å²) in [6.07, 6.45) is 0.531. The van der Waals surface area contributed by atoms with Crippen LogP contribution < -0.4 is 20.5 Å². The molecule has 0 saturated heterocycles. The van der Waals surface area contributed by atoms with Crippen molar-refractivity contribution in [3.05, 3.63) is 58.7 Å². The van der Waals surface area contributed by atoms with Crippen molar-refractivity contribution in [2.45, 2.75) is 26.3 Å². The fourth-order valence-electron chi connectivity index (χ4n) is 3.38. The summed E-state index contributed by atoms with van der Waals surface area (Å²) in [6.45, 7) is 2.04. The summed E-state index contributed by atoms with van der Waals surface area (Å²) < 4.78 is 10.5. The molecule has 0 unspecified atom stereocenters. The molecule has 0 bridgehead atoms. The number of rotatable bonds is 10. The lowest BCUT2D eigenvalue weighted by atomic mass is 10.1. The smallest absolute Gasteiger partial charge is 0.261 e. The zero-order chi connectivity index (χ0) is 23.3. The highest BCUT2D eigenvalue weighted by Crippen LogP contribution is 2.28. The Morgan fingerprint density at radius 1 is 1.03 bits per heavy atom. The van der Waals surface area contributed by atoms with Crippen molar-refractivity contribution < 1.29 is 28.7 Å². The number of primary amides is 1. The molecule has 9 heteroatoms. The van der Waals surface area contributed by atoms with E-state index in [4.69, 9.17) is 15.2 Å². The fraction of sp³-hybridized carbons (Fsp3) is 0.304. The van der Waals surface area contributed by atoms with Gasteiger partial charge in [0.15, 0.2) is 18.1 Å². The maximum Gasteiger partial charge on any atom is 0.261 e. The molecule has 168 valence electrons. The number of nitrogens with one attached hydrogen (secondary N) is 1. The van der Waals surface area contributed by atoms with Crippen LogP contribution in [0.5, 0.6) is 11.5 Å². The molecule has 1 aliphatic heterocycles. The maximum atomic E-state index is 12.5. The van der Waals surface area contributed by atoms with Crippen LogP contribution >= 0.6 is 0 Å². The molecule has 3 N–H and O–H groups in total. The molecule has 4 amide bonds. The van der Waals surface area contributed by atoms with Gasteiger partial charge in [-0.05, 0) is 43.2 Å². The van der Waals surface area contributed by atoms with Gasteiger partial charge < -0.3 is 20.5 Å². The maximum absolute atomic E-state index is 12.5. The van der Waals surface area contributed by atoms with Crippen molar-refractivity contribution >= 4 is 23.6 Å². The van der Waals surface area contributed by atoms with E-state index in [0.717, 1.165) is 11.1 Å². The van der Waals surface area contributed by atoms with Crippen molar-refractivity contribution in [3.63, 3.8) is 0 Å². The molecular formula is C23H25N3O6. The first-order valence-electron chi connectivity index (χ1n) is 10.1. The Hall–Kier alpha value is -3.88. The van der Waals surface area contributed by atoms with Gasteiger partial charge in [-0.25, -0.2) is 0 Å². The topological polar surface area (TPSA) is 128 Å². The molecule has 9 nitrogen and oxygen atoms in total. The van der Waals surface area contributed by atoms with Gasteiger partial charge in [0.1, 0.15) is 0 Å². The van der Waals surface area contributed by atoms with E-state index in [1.807, 2.05) is 6.92 Å². The Bertz CT molecular complexity index is 1070. The number of imide groups is 1. The number of hydrogen-bond donors (Lipinski definition) is 2. The number of methoxy groups -OCH3 is 1. The van der Waals surface area contributed by atoms with Crippen LogP contribution in [0.1, 0.15) is 44.7 Å². The first-order chi connectivity index (χ1) is 15.3. The van der Waals surface area contributed by atoms with E-state index in [0.29, 0.717) is 29.0 Å². The molecule has 3 rings (SSSR count). The minimum atomic E-state index is -0.597. The summed E-state index contributed by atoms with van der Waals surface area (Å²) in [5.74, 6) is -0.655. The van der Waals surface area contributed by atoms with Gasteiger partial charge in [-0.15, -0.1) is 0 Å². The third kappa shape index (κ3) is 5.23. The highest BCUT2D eigenvalue weighted by molar-refractivity contribution is 6.21. The predicted molar refractivity (Wildman–Crippen MR) is 115 cm³/mol. The summed E-state index contributed by atoms with van der Waals surface area (Å²) in [7, 11) is 1.47. The van der Waals surface area contributed by atoms with Gasteiger partial charge in [0.2, 0.25) is 5.91 Å². The monoisotopic (exact) mass is 439 g/mol. The Balaban J connectivity index is 1.47. The number of hydrogen-bond acceptors (Lipinski definition) is 6. The number of fused-ring (bicyclic) bond motifs is 1. The predicted octanol–water partition coefficient (Wildman–Crippen LogP) is 1.56. The second-order valence-electron chi connectivity index (χ2n) is 7.43. The molecular weight excluding hydrogens is 414 g/mol. The summed E-state index contributed by atoms with van der Waals surface area (Å²) in [5, 5.41) is 2.79. The van der Waals surface area contributed by atoms with Crippen LogP contribution in [0.25, 0.3) is 0 Å². The Morgan fingerprint density at radius 2 is 1.78 bits per heavy atom. The van der Waals surface area contributed by atoms with Crippen LogP contribution in [0, 0.1) is 6.92 Å². The zero-order valence-corrected chi connectivity index (χ0v) is 18.0. The highest BCUT2D eigenvalue weighted by atomic mass is 16.5. The van der Waals surface area contributed by atoms with Crippen molar-refractivity contribution in [2.24, 2.45) is 5.73 Å². The van der Waals surface area contributed by atoms with Crippen molar-refractivity contribution in [1.29, 1.82) is 0 Å². The summed E-state index contributed by atoms with van der Waals surface area (Å²) >= 11 is 0. The molecule has 0 aromatic heterocycles. The molecule has 0 radical (unpaired) electrons. The third-order valence-corrected chi connectivity index (χ3v) is 5.00. The molecule has 0 atom stereocenters. The van der Waals surface area contributed by atoms with E-state index in [-0.39, 0.29) is 43.8 Å². The standard InChI is InChI=1S/C23H25N3O6/c1-14-5-7-16-17(10-14)23(30)26(22(16)29)9-3-4-21(28)25-12-15-6-8-18(19(11-15)31-2)32-13-20(24)27/h5-8,10-11H,3-4,9,12-13H2,1-2H3,(H2,24,27)(H,25,28). The van der Waals surface area contributed by atoms with E-state index in [1.165, 1.54) is 12.0 Å². The van der Waals surface area contributed by atoms with E-state index in [2.05, 4.69) is 5.32 Å². The average Bonchev–Trinajstić information content (AvgIpc) is 3.00. The van der Waals surface area contributed by atoms with Gasteiger partial charge in [-0.3, -0.25) is 24.1 Å². The van der Waals surface area contributed by atoms with Gasteiger partial charge in [0.05, 0.1) is 18.2 Å². The number of aryl methyl sites for hydroxylation is 1. The first kappa shape index (κ1) is 22.8. The lowest BCUT2D eigenvalue weighted by molar-refractivity contribution is -0.121. The molecule has 0 spiro atoms. The van der Waals surface area contributed by atoms with Crippen molar-refractivity contribution in [1.82, 2.24) is 10.2 Å². The van der Waals surface area contributed by atoms with Gasteiger partial charge in [0, 0.05) is 19.5 Å². The minimum Gasteiger partial charge on any atom is -0.493 e. The number of nitrogens with zero attached hydrogens (tertiary/aromatic N) is 1. The van der Waals surface area contributed by atoms with Crippen LogP contribution in [-0.2, 0) is 16.1 Å². The van der Waals surface area contributed by atoms with Crippen LogP contribution in [0.2, 0.25) is 0 Å². The number of amides is 4. The van der Waals surface area contributed by atoms with E-state index >= 15 is 0 Å². The molecule has 0 saturated carbocycles. The average molecular weight is 439 g/mol. The number of nitrogens with two attached hydrogens (primary N) is 1. The fourth-order valence-corrected chi connectivity index (χ4v) is 3.38.